The summed E-state index contributed by atoms with van der Waals surface area (Å²) < 4.78 is 5.16. The SMILES string of the molecule is CSc1nc(N)nc2sc(C(=O)OC(C)C)c(N)c12. The van der Waals surface area contributed by atoms with Crippen LogP contribution in [0.15, 0.2) is 5.03 Å². The lowest BCUT2D eigenvalue weighted by Gasteiger charge is -2.06. The van der Waals surface area contributed by atoms with Gasteiger partial charge in [-0.1, -0.05) is 0 Å². The van der Waals surface area contributed by atoms with Gasteiger partial charge in [0.2, 0.25) is 5.95 Å². The van der Waals surface area contributed by atoms with Crippen molar-refractivity contribution in [1.29, 1.82) is 0 Å². The molecule has 0 spiro atoms. The van der Waals surface area contributed by atoms with E-state index in [9.17, 15) is 4.79 Å². The quantitative estimate of drug-likeness (QED) is 0.508. The molecule has 2 rings (SSSR count). The number of carbonyl (C=O) groups is 1. The number of hydrogen-bond donors (Lipinski definition) is 2. The van der Waals surface area contributed by atoms with Crippen LogP contribution in [0.5, 0.6) is 0 Å². The second-order valence-corrected chi connectivity index (χ2v) is 5.86. The number of thioether (sulfide) groups is 1. The summed E-state index contributed by atoms with van der Waals surface area (Å²) in [6.07, 6.45) is 1.66. The van der Waals surface area contributed by atoms with Crippen molar-refractivity contribution >= 4 is 50.9 Å². The summed E-state index contributed by atoms with van der Waals surface area (Å²) in [5.41, 5.74) is 12.0. The zero-order valence-corrected chi connectivity index (χ0v) is 12.4. The van der Waals surface area contributed by atoms with Crippen molar-refractivity contribution in [3.63, 3.8) is 0 Å². The third-order valence-corrected chi connectivity index (χ3v) is 4.06. The van der Waals surface area contributed by atoms with Gasteiger partial charge in [-0.2, -0.15) is 0 Å². The molecule has 0 aliphatic carbocycles. The molecule has 4 N–H and O–H groups in total. The number of ether oxygens (including phenoxy) is 1. The summed E-state index contributed by atoms with van der Waals surface area (Å²) in [6, 6.07) is 0. The van der Waals surface area contributed by atoms with Gasteiger partial charge in [0.1, 0.15) is 14.7 Å². The van der Waals surface area contributed by atoms with E-state index in [-0.39, 0.29) is 12.1 Å². The maximum absolute atomic E-state index is 12.0. The Hall–Kier alpha value is -1.54. The van der Waals surface area contributed by atoms with Gasteiger partial charge < -0.3 is 16.2 Å². The molecule has 0 saturated carbocycles. The molecule has 19 heavy (non-hydrogen) atoms. The highest BCUT2D eigenvalue weighted by Crippen LogP contribution is 2.38. The van der Waals surface area contributed by atoms with Crippen LogP contribution < -0.4 is 11.5 Å². The average Bonchev–Trinajstić information content (AvgIpc) is 2.64. The smallest absolute Gasteiger partial charge is 0.350 e. The van der Waals surface area contributed by atoms with E-state index in [0.29, 0.717) is 25.8 Å². The number of nitrogen functional groups attached to an aromatic ring is 2. The van der Waals surface area contributed by atoms with Crippen molar-refractivity contribution < 1.29 is 9.53 Å². The number of aromatic nitrogens is 2. The molecule has 0 amide bonds. The van der Waals surface area contributed by atoms with Gasteiger partial charge in [-0.3, -0.25) is 0 Å². The Morgan fingerprint density at radius 1 is 1.37 bits per heavy atom. The molecule has 102 valence electrons. The van der Waals surface area contributed by atoms with Crippen LogP contribution in [0.4, 0.5) is 11.6 Å². The Bertz CT molecular complexity index is 639. The largest absolute Gasteiger partial charge is 0.459 e. The van der Waals surface area contributed by atoms with Crippen LogP contribution in [0.2, 0.25) is 0 Å². The van der Waals surface area contributed by atoms with E-state index in [4.69, 9.17) is 16.2 Å². The van der Waals surface area contributed by atoms with Crippen LogP contribution in [0, 0.1) is 0 Å². The molecule has 0 unspecified atom stereocenters. The number of rotatable bonds is 3. The van der Waals surface area contributed by atoms with Gasteiger partial charge in [0.05, 0.1) is 17.2 Å². The highest BCUT2D eigenvalue weighted by atomic mass is 32.2. The first-order valence-electron chi connectivity index (χ1n) is 5.54. The first-order valence-corrected chi connectivity index (χ1v) is 7.58. The minimum atomic E-state index is -0.443. The van der Waals surface area contributed by atoms with Gasteiger partial charge >= 0.3 is 5.97 Å². The maximum atomic E-state index is 12.0. The van der Waals surface area contributed by atoms with Gasteiger partial charge in [0.25, 0.3) is 0 Å². The molecule has 2 aromatic rings. The van der Waals surface area contributed by atoms with Gasteiger partial charge in [-0.15, -0.1) is 23.1 Å². The van der Waals surface area contributed by atoms with Crippen molar-refractivity contribution in [2.45, 2.75) is 25.0 Å². The monoisotopic (exact) mass is 298 g/mol. The maximum Gasteiger partial charge on any atom is 0.350 e. The molecular formula is C11H14N4O2S2. The molecule has 0 aliphatic heterocycles. The van der Waals surface area contributed by atoms with Crippen molar-refractivity contribution in [3.05, 3.63) is 4.88 Å². The molecule has 8 heteroatoms. The van der Waals surface area contributed by atoms with E-state index >= 15 is 0 Å². The Morgan fingerprint density at radius 3 is 2.63 bits per heavy atom. The molecule has 0 aliphatic rings. The first-order chi connectivity index (χ1) is 8.93. The van der Waals surface area contributed by atoms with Crippen LogP contribution in [0.1, 0.15) is 23.5 Å². The number of hydrogen-bond acceptors (Lipinski definition) is 8. The molecule has 0 fully saturated rings. The third-order valence-electron chi connectivity index (χ3n) is 2.29. The fraction of sp³-hybridized carbons (Fsp3) is 0.364. The molecule has 0 saturated heterocycles. The van der Waals surface area contributed by atoms with Crippen LogP contribution >= 0.6 is 23.1 Å². The van der Waals surface area contributed by atoms with E-state index in [1.54, 1.807) is 13.8 Å². The predicted octanol–water partition coefficient (Wildman–Crippen LogP) is 2.14. The van der Waals surface area contributed by atoms with Crippen molar-refractivity contribution in [2.75, 3.05) is 17.7 Å². The van der Waals surface area contributed by atoms with Crippen LogP contribution in [-0.4, -0.2) is 28.3 Å². The summed E-state index contributed by atoms with van der Waals surface area (Å²) in [6.45, 7) is 3.57. The summed E-state index contributed by atoms with van der Waals surface area (Å²) in [5.74, 6) is -0.275. The van der Waals surface area contributed by atoms with E-state index in [1.165, 1.54) is 23.1 Å². The average molecular weight is 298 g/mol. The van der Waals surface area contributed by atoms with E-state index in [1.807, 2.05) is 6.26 Å². The van der Waals surface area contributed by atoms with Crippen molar-refractivity contribution in [3.8, 4) is 0 Å². The molecular weight excluding hydrogens is 284 g/mol. The zero-order chi connectivity index (χ0) is 14.2. The van der Waals surface area contributed by atoms with E-state index in [2.05, 4.69) is 9.97 Å². The minimum Gasteiger partial charge on any atom is -0.459 e. The van der Waals surface area contributed by atoms with Crippen molar-refractivity contribution in [2.24, 2.45) is 0 Å². The number of fused-ring (bicyclic) bond motifs is 1. The third kappa shape index (κ3) is 2.59. The number of anilines is 2. The molecule has 0 aromatic carbocycles. The number of carbonyl (C=O) groups excluding carboxylic acids is 1. The predicted molar refractivity (Wildman–Crippen MR) is 78.6 cm³/mol. The summed E-state index contributed by atoms with van der Waals surface area (Å²) in [7, 11) is 0. The summed E-state index contributed by atoms with van der Waals surface area (Å²) >= 11 is 2.58. The fourth-order valence-corrected chi connectivity index (χ4v) is 3.22. The summed E-state index contributed by atoms with van der Waals surface area (Å²) in [4.78, 5) is 21.1. The van der Waals surface area contributed by atoms with Crippen LogP contribution in [0.25, 0.3) is 10.2 Å². The lowest BCUT2D eigenvalue weighted by atomic mass is 10.3. The lowest BCUT2D eigenvalue weighted by molar-refractivity contribution is 0.0385. The first kappa shape index (κ1) is 13.9. The lowest BCUT2D eigenvalue weighted by Crippen LogP contribution is -2.11. The Balaban J connectivity index is 2.59. The van der Waals surface area contributed by atoms with E-state index < -0.39 is 5.97 Å². The van der Waals surface area contributed by atoms with Crippen LogP contribution in [-0.2, 0) is 4.74 Å². The second kappa shape index (κ2) is 5.22. The second-order valence-electron chi connectivity index (χ2n) is 4.07. The number of esters is 1. The Kier molecular flexibility index (Phi) is 3.81. The number of thiophene rings is 1. The molecule has 0 bridgehead atoms. The fourth-order valence-electron chi connectivity index (χ4n) is 1.57. The molecule has 6 nitrogen and oxygen atoms in total. The van der Waals surface area contributed by atoms with Gasteiger partial charge in [-0.25, -0.2) is 14.8 Å². The van der Waals surface area contributed by atoms with Gasteiger partial charge in [0.15, 0.2) is 0 Å². The summed E-state index contributed by atoms with van der Waals surface area (Å²) in [5, 5.41) is 1.34. The molecule has 0 atom stereocenters. The molecule has 2 heterocycles. The Morgan fingerprint density at radius 2 is 2.05 bits per heavy atom. The highest BCUT2D eigenvalue weighted by molar-refractivity contribution is 7.98. The van der Waals surface area contributed by atoms with Crippen molar-refractivity contribution in [1.82, 2.24) is 9.97 Å². The van der Waals surface area contributed by atoms with Gasteiger partial charge in [-0.05, 0) is 20.1 Å². The van der Waals surface area contributed by atoms with Crippen LogP contribution in [0.3, 0.4) is 0 Å². The van der Waals surface area contributed by atoms with E-state index in [0.717, 1.165) is 0 Å². The minimum absolute atomic E-state index is 0.168. The number of nitrogens with two attached hydrogens (primary N) is 2. The standard InChI is InChI=1S/C11H14N4O2S2/c1-4(2)17-10(16)7-6(12)5-8(18-3)14-11(13)15-9(5)19-7/h4H,12H2,1-3H3,(H2,13,14,15). The normalized spacial score (nSPS) is 11.2. The highest BCUT2D eigenvalue weighted by Gasteiger charge is 2.22. The topological polar surface area (TPSA) is 104 Å². The zero-order valence-electron chi connectivity index (χ0n) is 10.8. The number of nitrogens with zero attached hydrogens (tertiary/aromatic N) is 2. The molecule has 2 aromatic heterocycles. The van der Waals surface area contributed by atoms with Gasteiger partial charge in [0, 0.05) is 0 Å². The molecule has 0 radical (unpaired) electrons. The Labute approximate surface area is 118 Å².